The van der Waals surface area contributed by atoms with Gasteiger partial charge in [0.1, 0.15) is 0 Å². The smallest absolute Gasteiger partial charge is 0.0355 e. The number of rotatable bonds is 3. The van der Waals surface area contributed by atoms with Crippen LogP contribution in [0.25, 0.3) is 87.2 Å². The molecule has 0 fully saturated rings. The molecular weight excluding hydrogens is 549 g/mol. The van der Waals surface area contributed by atoms with E-state index in [1.165, 1.54) is 86.2 Å². The number of hydrogen-bond acceptors (Lipinski definition) is 1. The molecular formula is C43H28S. The maximum Gasteiger partial charge on any atom is 0.0355 e. The van der Waals surface area contributed by atoms with Crippen molar-refractivity contribution >= 4 is 65.2 Å². The van der Waals surface area contributed by atoms with Crippen LogP contribution < -0.4 is 0 Å². The maximum atomic E-state index is 2.41. The van der Waals surface area contributed by atoms with E-state index in [1.54, 1.807) is 0 Å². The molecule has 0 spiro atoms. The first-order valence-electron chi connectivity index (χ1n) is 15.2. The lowest BCUT2D eigenvalue weighted by Crippen LogP contribution is -1.91. The van der Waals surface area contributed by atoms with Crippen molar-refractivity contribution in [2.24, 2.45) is 0 Å². The Hall–Kier alpha value is -5.24. The molecule has 1 aliphatic rings. The Morgan fingerprint density at radius 3 is 1.64 bits per heavy atom. The molecule has 1 heterocycles. The zero-order valence-electron chi connectivity index (χ0n) is 24.1. The number of benzene rings is 7. The van der Waals surface area contributed by atoms with E-state index < -0.39 is 0 Å². The first-order chi connectivity index (χ1) is 21.8. The van der Waals surface area contributed by atoms with Gasteiger partial charge < -0.3 is 0 Å². The van der Waals surface area contributed by atoms with Gasteiger partial charge in [-0.3, -0.25) is 0 Å². The van der Waals surface area contributed by atoms with Crippen molar-refractivity contribution in [1.29, 1.82) is 0 Å². The highest BCUT2D eigenvalue weighted by Crippen LogP contribution is 2.45. The molecule has 0 nitrogen and oxygen atoms in total. The molecule has 0 atom stereocenters. The predicted molar refractivity (Wildman–Crippen MR) is 193 cm³/mol. The second kappa shape index (κ2) is 10.2. The van der Waals surface area contributed by atoms with E-state index in [2.05, 4.69) is 158 Å². The number of fused-ring (bicyclic) bond motifs is 6. The van der Waals surface area contributed by atoms with Gasteiger partial charge in [0.2, 0.25) is 0 Å². The van der Waals surface area contributed by atoms with Crippen LogP contribution in [-0.4, -0.2) is 0 Å². The largest absolute Gasteiger partial charge is 0.135 e. The summed E-state index contributed by atoms with van der Waals surface area (Å²) in [5.74, 6) is 0. The lowest BCUT2D eigenvalue weighted by molar-refractivity contribution is 1.44. The van der Waals surface area contributed by atoms with Crippen LogP contribution in [0.4, 0.5) is 0 Å². The van der Waals surface area contributed by atoms with Crippen LogP contribution in [-0.2, 0) is 0 Å². The van der Waals surface area contributed by atoms with E-state index in [0.29, 0.717) is 0 Å². The van der Waals surface area contributed by atoms with Crippen molar-refractivity contribution in [3.8, 4) is 33.4 Å². The molecule has 0 aliphatic heterocycles. The van der Waals surface area contributed by atoms with Gasteiger partial charge in [0.15, 0.2) is 0 Å². The Morgan fingerprint density at radius 2 is 0.909 bits per heavy atom. The standard InChI is InChI=1S/C43H28S/c1-2-11-28-21-22-31(25-29(28)12-3-1)30-13-10-14-32(26-30)42-35-16-4-6-18-37(35)43(38-19-7-5-17-36(38)42)33-23-24-41-39(27-33)34-15-8-9-20-40(34)44-41/h2-27H,1H2. The lowest BCUT2D eigenvalue weighted by Gasteiger charge is -2.18. The van der Waals surface area contributed by atoms with Crippen molar-refractivity contribution < 1.29 is 0 Å². The normalized spacial score (nSPS) is 12.7. The van der Waals surface area contributed by atoms with E-state index in [0.717, 1.165) is 6.42 Å². The minimum Gasteiger partial charge on any atom is -0.135 e. The van der Waals surface area contributed by atoms with Crippen LogP contribution in [0.15, 0.2) is 146 Å². The van der Waals surface area contributed by atoms with Crippen molar-refractivity contribution in [1.82, 2.24) is 0 Å². The van der Waals surface area contributed by atoms with Crippen LogP contribution in [0, 0.1) is 0 Å². The molecule has 1 aromatic heterocycles. The van der Waals surface area contributed by atoms with E-state index in [1.807, 2.05) is 11.3 Å². The first-order valence-corrected chi connectivity index (χ1v) is 16.1. The zero-order chi connectivity index (χ0) is 29.0. The molecule has 0 radical (unpaired) electrons. The summed E-state index contributed by atoms with van der Waals surface area (Å²) < 4.78 is 2.67. The third-order valence-corrected chi connectivity index (χ3v) is 10.2. The number of allylic oxidation sites excluding steroid dienone is 2. The first kappa shape index (κ1) is 25.3. The average molecular weight is 577 g/mol. The van der Waals surface area contributed by atoms with Gasteiger partial charge in [-0.1, -0.05) is 127 Å². The van der Waals surface area contributed by atoms with E-state index in [-0.39, 0.29) is 0 Å². The predicted octanol–water partition coefficient (Wildman–Crippen LogP) is 12.8. The zero-order valence-corrected chi connectivity index (χ0v) is 24.9. The van der Waals surface area contributed by atoms with E-state index >= 15 is 0 Å². The van der Waals surface area contributed by atoms with Gasteiger partial charge >= 0.3 is 0 Å². The summed E-state index contributed by atoms with van der Waals surface area (Å²) in [5.41, 5.74) is 10.1. The summed E-state index contributed by atoms with van der Waals surface area (Å²) in [4.78, 5) is 0. The fraction of sp³-hybridized carbons (Fsp3) is 0.0233. The summed E-state index contributed by atoms with van der Waals surface area (Å²) >= 11 is 1.87. The van der Waals surface area contributed by atoms with Gasteiger partial charge in [-0.15, -0.1) is 11.3 Å². The molecule has 0 amide bonds. The Morgan fingerprint density at radius 1 is 0.364 bits per heavy atom. The molecule has 1 aliphatic carbocycles. The number of thiophene rings is 1. The summed E-state index contributed by atoms with van der Waals surface area (Å²) in [6.45, 7) is 0. The highest BCUT2D eigenvalue weighted by molar-refractivity contribution is 7.25. The molecule has 0 saturated carbocycles. The van der Waals surface area contributed by atoms with Crippen LogP contribution >= 0.6 is 11.3 Å². The molecule has 206 valence electrons. The summed E-state index contributed by atoms with van der Waals surface area (Å²) in [7, 11) is 0. The minimum absolute atomic E-state index is 0.980. The van der Waals surface area contributed by atoms with E-state index in [4.69, 9.17) is 0 Å². The average Bonchev–Trinajstić information content (AvgIpc) is 3.28. The Balaban J connectivity index is 1.28. The van der Waals surface area contributed by atoms with Crippen molar-refractivity contribution in [3.63, 3.8) is 0 Å². The second-order valence-electron chi connectivity index (χ2n) is 11.6. The molecule has 1 heteroatoms. The molecule has 0 saturated heterocycles. The van der Waals surface area contributed by atoms with Crippen LogP contribution in [0.2, 0.25) is 0 Å². The molecule has 0 N–H and O–H groups in total. The molecule has 9 rings (SSSR count). The quantitative estimate of drug-likeness (QED) is 0.184. The third kappa shape index (κ3) is 4.05. The SMILES string of the molecule is C1=Cc2ccc(-c3cccc(-c4c5ccccc5c(-c5ccc6sc7ccccc7c6c5)c5ccccc45)c3)cc2C=CC1. The van der Waals surface area contributed by atoms with Gasteiger partial charge in [0, 0.05) is 20.2 Å². The Labute approximate surface area is 260 Å². The van der Waals surface area contributed by atoms with Gasteiger partial charge in [-0.25, -0.2) is 0 Å². The van der Waals surface area contributed by atoms with Crippen LogP contribution in [0.1, 0.15) is 17.5 Å². The molecule has 8 aromatic rings. The van der Waals surface area contributed by atoms with E-state index in [9.17, 15) is 0 Å². The highest BCUT2D eigenvalue weighted by Gasteiger charge is 2.18. The van der Waals surface area contributed by atoms with Crippen molar-refractivity contribution in [3.05, 3.63) is 157 Å². The molecule has 0 unspecified atom stereocenters. The third-order valence-electron chi connectivity index (χ3n) is 9.04. The fourth-order valence-electron chi connectivity index (χ4n) is 7.01. The van der Waals surface area contributed by atoms with Gasteiger partial charge in [0.05, 0.1) is 0 Å². The maximum absolute atomic E-state index is 2.41. The summed E-state index contributed by atoms with van der Waals surface area (Å²) in [5, 5.41) is 7.80. The highest BCUT2D eigenvalue weighted by atomic mass is 32.1. The van der Waals surface area contributed by atoms with Gasteiger partial charge in [0.25, 0.3) is 0 Å². The summed E-state index contributed by atoms with van der Waals surface area (Å²) in [6, 6.07) is 49.6. The second-order valence-corrected chi connectivity index (χ2v) is 12.7. The Bertz CT molecular complexity index is 2410. The number of hydrogen-bond donors (Lipinski definition) is 0. The van der Waals surface area contributed by atoms with Crippen LogP contribution in [0.5, 0.6) is 0 Å². The summed E-state index contributed by atoms with van der Waals surface area (Å²) in [6.07, 6.45) is 9.92. The molecule has 7 aromatic carbocycles. The fourth-order valence-corrected chi connectivity index (χ4v) is 8.09. The molecule has 44 heavy (non-hydrogen) atoms. The minimum atomic E-state index is 0.980. The lowest BCUT2D eigenvalue weighted by atomic mass is 9.85. The van der Waals surface area contributed by atoms with Crippen molar-refractivity contribution in [2.75, 3.05) is 0 Å². The monoisotopic (exact) mass is 576 g/mol. The van der Waals surface area contributed by atoms with Gasteiger partial charge in [-0.05, 0) is 103 Å². The van der Waals surface area contributed by atoms with Gasteiger partial charge in [-0.2, -0.15) is 0 Å². The van der Waals surface area contributed by atoms with Crippen molar-refractivity contribution in [2.45, 2.75) is 6.42 Å². The molecule has 0 bridgehead atoms. The topological polar surface area (TPSA) is 0 Å². The van der Waals surface area contributed by atoms with Crippen LogP contribution in [0.3, 0.4) is 0 Å². The Kier molecular flexibility index (Phi) is 5.85.